The Morgan fingerprint density at radius 1 is 1.58 bits per heavy atom. The van der Waals surface area contributed by atoms with Gasteiger partial charge in [0, 0.05) is 5.56 Å². The Kier molecular flexibility index (Phi) is 2.60. The molecule has 0 spiro atoms. The van der Waals surface area contributed by atoms with Crippen LogP contribution in [0.3, 0.4) is 0 Å². The summed E-state index contributed by atoms with van der Waals surface area (Å²) < 4.78 is 0. The first-order chi connectivity index (χ1) is 5.83. The highest BCUT2D eigenvalue weighted by atomic mass is 16.1. The lowest BCUT2D eigenvalue weighted by Gasteiger charge is -2.02. The molecule has 12 heavy (non-hydrogen) atoms. The van der Waals surface area contributed by atoms with Crippen LogP contribution in [0.5, 0.6) is 0 Å². The summed E-state index contributed by atoms with van der Waals surface area (Å²) in [6.07, 6.45) is 1.51. The molecule has 0 aliphatic carbocycles. The molecule has 0 bridgehead atoms. The maximum Gasteiger partial charge on any atom is 0.150 e. The van der Waals surface area contributed by atoms with Gasteiger partial charge in [-0.25, -0.2) is 0 Å². The van der Waals surface area contributed by atoms with Gasteiger partial charge in [-0.05, 0) is 18.1 Å². The van der Waals surface area contributed by atoms with Crippen molar-refractivity contribution in [2.75, 3.05) is 0 Å². The molecule has 0 radical (unpaired) electrons. The smallest absolute Gasteiger partial charge is 0.150 e. The van der Waals surface area contributed by atoms with Gasteiger partial charge in [0.15, 0.2) is 0 Å². The first-order valence-electron chi connectivity index (χ1n) is 3.80. The van der Waals surface area contributed by atoms with Crippen LogP contribution in [0.25, 0.3) is 0 Å². The van der Waals surface area contributed by atoms with E-state index < -0.39 is 0 Å². The van der Waals surface area contributed by atoms with Crippen LogP contribution in [-0.2, 0) is 6.42 Å². The average molecular weight is 159 g/mol. The molecule has 0 aliphatic rings. The first-order valence-corrected chi connectivity index (χ1v) is 3.80. The summed E-state index contributed by atoms with van der Waals surface area (Å²) in [7, 11) is 0. The topological polar surface area (TPSA) is 40.9 Å². The monoisotopic (exact) mass is 159 g/mol. The zero-order chi connectivity index (χ0) is 8.97. The molecule has 2 heteroatoms. The molecule has 0 N–H and O–H groups in total. The van der Waals surface area contributed by atoms with Gasteiger partial charge in [0.1, 0.15) is 6.29 Å². The van der Waals surface area contributed by atoms with Crippen LogP contribution >= 0.6 is 0 Å². The minimum absolute atomic E-state index is 0.599. The number of benzene rings is 1. The van der Waals surface area contributed by atoms with Crippen molar-refractivity contribution in [1.82, 2.24) is 0 Å². The highest BCUT2D eigenvalue weighted by molar-refractivity contribution is 5.78. The van der Waals surface area contributed by atoms with Crippen molar-refractivity contribution in [3.05, 3.63) is 34.9 Å². The van der Waals surface area contributed by atoms with Crippen LogP contribution < -0.4 is 0 Å². The molecule has 0 unspecified atom stereocenters. The van der Waals surface area contributed by atoms with Crippen molar-refractivity contribution in [1.29, 1.82) is 5.26 Å². The minimum Gasteiger partial charge on any atom is -0.298 e. The van der Waals surface area contributed by atoms with Crippen molar-refractivity contribution in [2.45, 2.75) is 13.3 Å². The summed E-state index contributed by atoms with van der Waals surface area (Å²) in [5.41, 5.74) is 2.06. The van der Waals surface area contributed by atoms with Gasteiger partial charge in [0.2, 0.25) is 0 Å². The number of hydrogen-bond acceptors (Lipinski definition) is 2. The molecule has 0 amide bonds. The summed E-state index contributed by atoms with van der Waals surface area (Å²) in [6.45, 7) is 1.93. The average Bonchev–Trinajstić information content (AvgIpc) is 2.16. The van der Waals surface area contributed by atoms with Gasteiger partial charge in [-0.2, -0.15) is 5.26 Å². The van der Waals surface area contributed by atoms with Gasteiger partial charge >= 0.3 is 0 Å². The van der Waals surface area contributed by atoms with E-state index in [4.69, 9.17) is 5.26 Å². The van der Waals surface area contributed by atoms with E-state index in [9.17, 15) is 4.79 Å². The second-order valence-electron chi connectivity index (χ2n) is 2.46. The maximum atomic E-state index is 10.5. The largest absolute Gasteiger partial charge is 0.298 e. The summed E-state index contributed by atoms with van der Waals surface area (Å²) in [6, 6.07) is 7.24. The number of aldehydes is 1. The Hall–Kier alpha value is -1.62. The predicted molar refractivity (Wildman–Crippen MR) is 45.9 cm³/mol. The highest BCUT2D eigenvalue weighted by Gasteiger charge is 2.03. The summed E-state index contributed by atoms with van der Waals surface area (Å²) in [5.74, 6) is 0. The molecule has 0 saturated carbocycles. The van der Waals surface area contributed by atoms with Gasteiger partial charge in [-0.1, -0.05) is 19.1 Å². The van der Waals surface area contributed by atoms with E-state index in [1.54, 1.807) is 18.2 Å². The number of nitrogens with zero attached hydrogens (tertiary/aromatic N) is 1. The lowest BCUT2D eigenvalue weighted by atomic mass is 10.0. The molecular formula is C10H9NO. The lowest BCUT2D eigenvalue weighted by Crippen LogP contribution is -1.94. The van der Waals surface area contributed by atoms with Gasteiger partial charge in [0.05, 0.1) is 11.6 Å². The normalized spacial score (nSPS) is 9.00. The summed E-state index contributed by atoms with van der Waals surface area (Å²) in [5, 5.41) is 8.70. The Morgan fingerprint density at radius 2 is 2.33 bits per heavy atom. The number of nitriles is 1. The maximum absolute atomic E-state index is 10.5. The van der Waals surface area contributed by atoms with E-state index in [1.807, 2.05) is 6.92 Å². The Bertz CT molecular complexity index is 336. The zero-order valence-corrected chi connectivity index (χ0v) is 6.87. The number of rotatable bonds is 2. The van der Waals surface area contributed by atoms with Gasteiger partial charge in [-0.15, -0.1) is 0 Å². The van der Waals surface area contributed by atoms with Crippen LogP contribution in [0.2, 0.25) is 0 Å². The van der Waals surface area contributed by atoms with E-state index in [-0.39, 0.29) is 0 Å². The molecule has 0 heterocycles. The molecule has 0 fully saturated rings. The van der Waals surface area contributed by atoms with E-state index >= 15 is 0 Å². The molecule has 0 aromatic heterocycles. The Morgan fingerprint density at radius 3 is 2.83 bits per heavy atom. The molecular weight excluding hydrogens is 150 g/mol. The Labute approximate surface area is 71.4 Å². The van der Waals surface area contributed by atoms with Crippen LogP contribution in [0.1, 0.15) is 28.4 Å². The fourth-order valence-corrected chi connectivity index (χ4v) is 1.21. The third kappa shape index (κ3) is 1.35. The van der Waals surface area contributed by atoms with Crippen LogP contribution in [0.15, 0.2) is 18.2 Å². The van der Waals surface area contributed by atoms with Crippen molar-refractivity contribution in [3.8, 4) is 6.07 Å². The second-order valence-corrected chi connectivity index (χ2v) is 2.46. The van der Waals surface area contributed by atoms with E-state index in [0.717, 1.165) is 18.3 Å². The van der Waals surface area contributed by atoms with E-state index in [1.165, 1.54) is 0 Å². The molecule has 2 nitrogen and oxygen atoms in total. The standard InChI is InChI=1S/C10H9NO/c1-2-10-8(6-11)4-3-5-9(10)7-12/h3-5,7H,2H2,1H3. The van der Waals surface area contributed by atoms with Gasteiger partial charge in [0.25, 0.3) is 0 Å². The predicted octanol–water partition coefficient (Wildman–Crippen LogP) is 1.93. The summed E-state index contributed by atoms with van der Waals surface area (Å²) in [4.78, 5) is 10.5. The van der Waals surface area contributed by atoms with Gasteiger partial charge < -0.3 is 0 Å². The summed E-state index contributed by atoms with van der Waals surface area (Å²) >= 11 is 0. The second kappa shape index (κ2) is 3.68. The van der Waals surface area contributed by atoms with Crippen LogP contribution in [0, 0.1) is 11.3 Å². The fraction of sp³-hybridized carbons (Fsp3) is 0.200. The molecule has 0 aliphatic heterocycles. The number of carbonyl (C=O) groups excluding carboxylic acids is 1. The first kappa shape index (κ1) is 8.48. The van der Waals surface area contributed by atoms with Crippen molar-refractivity contribution in [3.63, 3.8) is 0 Å². The van der Waals surface area contributed by atoms with Crippen molar-refractivity contribution < 1.29 is 4.79 Å². The van der Waals surface area contributed by atoms with Crippen molar-refractivity contribution in [2.24, 2.45) is 0 Å². The molecule has 1 rings (SSSR count). The number of carbonyl (C=O) groups is 1. The quantitative estimate of drug-likeness (QED) is 0.618. The zero-order valence-electron chi connectivity index (χ0n) is 6.87. The number of hydrogen-bond donors (Lipinski definition) is 0. The van der Waals surface area contributed by atoms with Crippen LogP contribution in [-0.4, -0.2) is 6.29 Å². The van der Waals surface area contributed by atoms with Crippen molar-refractivity contribution >= 4 is 6.29 Å². The van der Waals surface area contributed by atoms with E-state index in [0.29, 0.717) is 11.1 Å². The van der Waals surface area contributed by atoms with Gasteiger partial charge in [-0.3, -0.25) is 4.79 Å². The third-order valence-electron chi connectivity index (χ3n) is 1.81. The molecule has 1 aromatic carbocycles. The third-order valence-corrected chi connectivity index (χ3v) is 1.81. The van der Waals surface area contributed by atoms with Crippen LogP contribution in [0.4, 0.5) is 0 Å². The Balaban J connectivity index is 3.34. The lowest BCUT2D eigenvalue weighted by molar-refractivity contribution is 0.112. The van der Waals surface area contributed by atoms with E-state index in [2.05, 4.69) is 6.07 Å². The molecule has 60 valence electrons. The molecule has 0 saturated heterocycles. The highest BCUT2D eigenvalue weighted by Crippen LogP contribution is 2.12. The minimum atomic E-state index is 0.599. The molecule has 1 aromatic rings. The fourth-order valence-electron chi connectivity index (χ4n) is 1.21. The SMILES string of the molecule is CCc1c(C#N)cccc1C=O. The molecule has 0 atom stereocenters.